The van der Waals surface area contributed by atoms with E-state index in [2.05, 4.69) is 29.6 Å². The average molecular weight is 272 g/mol. The molecule has 0 bridgehead atoms. The quantitative estimate of drug-likeness (QED) is 0.879. The highest BCUT2D eigenvalue weighted by atomic mass is 16.1. The van der Waals surface area contributed by atoms with Gasteiger partial charge in [0.2, 0.25) is 0 Å². The largest absolute Gasteiger partial charge is 0.381 e. The van der Waals surface area contributed by atoms with Gasteiger partial charge in [-0.05, 0) is 38.1 Å². The minimum absolute atomic E-state index is 0.0743. The number of nitrogens with one attached hydrogen (secondary N) is 2. The van der Waals surface area contributed by atoms with Crippen LogP contribution in [0.2, 0.25) is 0 Å². The summed E-state index contributed by atoms with van der Waals surface area (Å²) in [6.07, 6.45) is 3.91. The van der Waals surface area contributed by atoms with Crippen LogP contribution in [0.15, 0.2) is 36.7 Å². The van der Waals surface area contributed by atoms with Crippen LogP contribution in [0, 0.1) is 0 Å². The highest BCUT2D eigenvalue weighted by Gasteiger charge is 2.03. The first-order valence-electron chi connectivity index (χ1n) is 6.69. The normalized spacial score (nSPS) is 10.6. The Bertz CT molecular complexity index is 572. The molecule has 0 saturated heterocycles. The van der Waals surface area contributed by atoms with Gasteiger partial charge in [0, 0.05) is 42.6 Å². The maximum Gasteiger partial charge on any atom is 0.251 e. The van der Waals surface area contributed by atoms with Crippen LogP contribution in [-0.2, 0) is 6.54 Å². The SMILES string of the molecule is CNC(=O)c1ccc(NCc2cnn(C(C)C)c2)cc1. The van der Waals surface area contributed by atoms with Crippen LogP contribution in [0.4, 0.5) is 5.69 Å². The molecule has 0 fully saturated rings. The summed E-state index contributed by atoms with van der Waals surface area (Å²) in [5.74, 6) is -0.0743. The highest BCUT2D eigenvalue weighted by Crippen LogP contribution is 2.12. The van der Waals surface area contributed by atoms with Crippen molar-refractivity contribution in [2.75, 3.05) is 12.4 Å². The molecular formula is C15H20N4O. The number of carbonyl (C=O) groups is 1. The van der Waals surface area contributed by atoms with E-state index in [-0.39, 0.29) is 5.91 Å². The van der Waals surface area contributed by atoms with Crippen molar-refractivity contribution in [2.45, 2.75) is 26.4 Å². The van der Waals surface area contributed by atoms with Crippen LogP contribution in [0.25, 0.3) is 0 Å². The zero-order valence-electron chi connectivity index (χ0n) is 12.1. The van der Waals surface area contributed by atoms with Gasteiger partial charge in [-0.25, -0.2) is 0 Å². The summed E-state index contributed by atoms with van der Waals surface area (Å²) in [7, 11) is 1.63. The molecule has 0 saturated carbocycles. The van der Waals surface area contributed by atoms with Gasteiger partial charge in [0.15, 0.2) is 0 Å². The number of nitrogens with zero attached hydrogens (tertiary/aromatic N) is 2. The molecule has 0 aliphatic rings. The van der Waals surface area contributed by atoms with Gasteiger partial charge in [-0.2, -0.15) is 5.10 Å². The molecule has 0 radical (unpaired) electrons. The minimum Gasteiger partial charge on any atom is -0.381 e. The summed E-state index contributed by atoms with van der Waals surface area (Å²) >= 11 is 0. The van der Waals surface area contributed by atoms with Crippen LogP contribution in [0.5, 0.6) is 0 Å². The smallest absolute Gasteiger partial charge is 0.251 e. The predicted molar refractivity (Wildman–Crippen MR) is 79.8 cm³/mol. The minimum atomic E-state index is -0.0743. The molecule has 5 heteroatoms. The fourth-order valence-electron chi connectivity index (χ4n) is 1.84. The third-order valence-corrected chi connectivity index (χ3v) is 3.05. The van der Waals surface area contributed by atoms with Crippen LogP contribution in [0.3, 0.4) is 0 Å². The first-order chi connectivity index (χ1) is 9.60. The molecule has 0 atom stereocenters. The van der Waals surface area contributed by atoms with Gasteiger partial charge in [0.1, 0.15) is 0 Å². The molecule has 2 rings (SSSR count). The van der Waals surface area contributed by atoms with E-state index in [4.69, 9.17) is 0 Å². The molecule has 0 aliphatic carbocycles. The Hall–Kier alpha value is -2.30. The summed E-state index contributed by atoms with van der Waals surface area (Å²) in [6, 6.07) is 7.78. The van der Waals surface area contributed by atoms with Gasteiger partial charge >= 0.3 is 0 Å². The Kier molecular flexibility index (Phi) is 4.40. The van der Waals surface area contributed by atoms with Crippen molar-refractivity contribution in [3.63, 3.8) is 0 Å². The summed E-state index contributed by atoms with van der Waals surface area (Å²) in [5.41, 5.74) is 2.77. The number of hydrogen-bond donors (Lipinski definition) is 2. The topological polar surface area (TPSA) is 59.0 Å². The molecule has 0 aliphatic heterocycles. The molecule has 1 aromatic heterocycles. The summed E-state index contributed by atoms with van der Waals surface area (Å²) in [4.78, 5) is 11.4. The molecule has 2 aromatic rings. The molecular weight excluding hydrogens is 252 g/mol. The lowest BCUT2D eigenvalue weighted by Gasteiger charge is -2.06. The standard InChI is InChI=1S/C15H20N4O/c1-11(2)19-10-12(9-18-19)8-17-14-6-4-13(5-7-14)15(20)16-3/h4-7,9-11,17H,8H2,1-3H3,(H,16,20). The monoisotopic (exact) mass is 272 g/mol. The van der Waals surface area contributed by atoms with Gasteiger partial charge < -0.3 is 10.6 Å². The second-order valence-electron chi connectivity index (χ2n) is 4.93. The first-order valence-corrected chi connectivity index (χ1v) is 6.69. The van der Waals surface area contributed by atoms with E-state index in [0.29, 0.717) is 18.2 Å². The van der Waals surface area contributed by atoms with Crippen LogP contribution in [0.1, 0.15) is 35.8 Å². The average Bonchev–Trinajstić information content (AvgIpc) is 2.94. The third-order valence-electron chi connectivity index (χ3n) is 3.05. The lowest BCUT2D eigenvalue weighted by Crippen LogP contribution is -2.17. The number of carbonyl (C=O) groups excluding carboxylic acids is 1. The van der Waals surface area contributed by atoms with Gasteiger partial charge in [0.05, 0.1) is 6.20 Å². The summed E-state index contributed by atoms with van der Waals surface area (Å²) < 4.78 is 1.94. The highest BCUT2D eigenvalue weighted by molar-refractivity contribution is 5.94. The number of anilines is 1. The number of aromatic nitrogens is 2. The van der Waals surface area contributed by atoms with E-state index in [1.54, 1.807) is 19.2 Å². The third kappa shape index (κ3) is 3.38. The van der Waals surface area contributed by atoms with E-state index in [1.807, 2.05) is 29.2 Å². The molecule has 20 heavy (non-hydrogen) atoms. The molecule has 0 unspecified atom stereocenters. The van der Waals surface area contributed by atoms with E-state index in [1.165, 1.54) is 0 Å². The molecule has 1 amide bonds. The van der Waals surface area contributed by atoms with Crippen molar-refractivity contribution >= 4 is 11.6 Å². The molecule has 106 valence electrons. The molecule has 0 spiro atoms. The van der Waals surface area contributed by atoms with Crippen molar-refractivity contribution in [1.82, 2.24) is 15.1 Å². The Morgan fingerprint density at radius 1 is 1.30 bits per heavy atom. The van der Waals surface area contributed by atoms with E-state index >= 15 is 0 Å². The van der Waals surface area contributed by atoms with Crippen molar-refractivity contribution in [3.05, 3.63) is 47.8 Å². The second kappa shape index (κ2) is 6.23. The van der Waals surface area contributed by atoms with Crippen LogP contribution >= 0.6 is 0 Å². The Balaban J connectivity index is 1.95. The Labute approximate surface area is 119 Å². The van der Waals surface area contributed by atoms with Crippen LogP contribution < -0.4 is 10.6 Å². The lowest BCUT2D eigenvalue weighted by molar-refractivity contribution is 0.0963. The first kappa shape index (κ1) is 14.1. The van der Waals surface area contributed by atoms with Crippen molar-refractivity contribution in [3.8, 4) is 0 Å². The summed E-state index contributed by atoms with van der Waals surface area (Å²) in [6.45, 7) is 4.91. The maximum absolute atomic E-state index is 11.4. The van der Waals surface area contributed by atoms with Crippen molar-refractivity contribution in [2.24, 2.45) is 0 Å². The molecule has 5 nitrogen and oxygen atoms in total. The molecule has 2 N–H and O–H groups in total. The van der Waals surface area contributed by atoms with Gasteiger partial charge in [-0.15, -0.1) is 0 Å². The van der Waals surface area contributed by atoms with E-state index < -0.39 is 0 Å². The molecule has 1 aromatic carbocycles. The Morgan fingerprint density at radius 2 is 2.00 bits per heavy atom. The number of rotatable bonds is 5. The fraction of sp³-hybridized carbons (Fsp3) is 0.333. The van der Waals surface area contributed by atoms with Crippen LogP contribution in [-0.4, -0.2) is 22.7 Å². The predicted octanol–water partition coefficient (Wildman–Crippen LogP) is 2.44. The van der Waals surface area contributed by atoms with Gasteiger partial charge in [-0.1, -0.05) is 0 Å². The second-order valence-corrected chi connectivity index (χ2v) is 4.93. The Morgan fingerprint density at radius 3 is 2.55 bits per heavy atom. The number of benzene rings is 1. The maximum atomic E-state index is 11.4. The zero-order valence-corrected chi connectivity index (χ0v) is 12.1. The number of amides is 1. The van der Waals surface area contributed by atoms with Gasteiger partial charge in [0.25, 0.3) is 5.91 Å². The number of hydrogen-bond acceptors (Lipinski definition) is 3. The summed E-state index contributed by atoms with van der Waals surface area (Å²) in [5, 5.41) is 10.2. The van der Waals surface area contributed by atoms with Crippen molar-refractivity contribution in [1.29, 1.82) is 0 Å². The van der Waals surface area contributed by atoms with Crippen molar-refractivity contribution < 1.29 is 4.79 Å². The zero-order chi connectivity index (χ0) is 14.5. The fourth-order valence-corrected chi connectivity index (χ4v) is 1.84. The molecule has 1 heterocycles. The lowest BCUT2D eigenvalue weighted by atomic mass is 10.2. The van der Waals surface area contributed by atoms with E-state index in [0.717, 1.165) is 11.3 Å². The van der Waals surface area contributed by atoms with Gasteiger partial charge in [-0.3, -0.25) is 9.48 Å². The van der Waals surface area contributed by atoms with E-state index in [9.17, 15) is 4.79 Å².